The van der Waals surface area contributed by atoms with Gasteiger partial charge in [-0.2, -0.15) is 12.7 Å². The number of hydrogen-bond acceptors (Lipinski definition) is 5. The second kappa shape index (κ2) is 8.72. The Bertz CT molecular complexity index is 423. The lowest BCUT2D eigenvalue weighted by atomic mass is 10.4. The predicted octanol–water partition coefficient (Wildman–Crippen LogP) is -1.41. The molecule has 0 aliphatic carbocycles. The number of amides is 2. The summed E-state index contributed by atoms with van der Waals surface area (Å²) in [7, 11) is 2.08. The van der Waals surface area contributed by atoms with E-state index in [4.69, 9.17) is 0 Å². The molecule has 0 spiro atoms. The Morgan fingerprint density at radius 1 is 1.15 bits per heavy atom. The maximum absolute atomic E-state index is 11.7. The summed E-state index contributed by atoms with van der Waals surface area (Å²) in [5.41, 5.74) is 0. The summed E-state index contributed by atoms with van der Waals surface area (Å²) in [5.74, 6) is -0.481. The van der Waals surface area contributed by atoms with E-state index in [1.165, 1.54) is 19.1 Å². The van der Waals surface area contributed by atoms with Crippen LogP contribution in [0.15, 0.2) is 0 Å². The van der Waals surface area contributed by atoms with Gasteiger partial charge < -0.3 is 15.0 Å². The molecule has 9 nitrogen and oxygen atoms in total. The van der Waals surface area contributed by atoms with Crippen LogP contribution in [0.1, 0.15) is 6.42 Å². The molecule has 2 amide bonds. The Labute approximate surface area is 119 Å². The van der Waals surface area contributed by atoms with Gasteiger partial charge in [-0.05, 0) is 0 Å². The molecule has 0 atom stereocenters. The number of carbonyl (C=O) groups excluding carboxylic acids is 2. The lowest BCUT2D eigenvalue weighted by molar-refractivity contribution is -0.140. The zero-order valence-corrected chi connectivity index (χ0v) is 13.0. The highest BCUT2D eigenvalue weighted by atomic mass is 32.2. The first-order chi connectivity index (χ1) is 9.20. The number of esters is 1. The van der Waals surface area contributed by atoms with E-state index in [0.29, 0.717) is 0 Å². The van der Waals surface area contributed by atoms with Gasteiger partial charge in [0.25, 0.3) is 10.2 Å². The van der Waals surface area contributed by atoms with Crippen molar-refractivity contribution in [3.05, 3.63) is 0 Å². The Morgan fingerprint density at radius 3 is 2.25 bits per heavy atom. The average molecular weight is 310 g/mol. The van der Waals surface area contributed by atoms with Crippen LogP contribution in [0.25, 0.3) is 0 Å². The number of nitrogens with one attached hydrogen (secondary N) is 2. The fourth-order valence-corrected chi connectivity index (χ4v) is 2.00. The van der Waals surface area contributed by atoms with Crippen molar-refractivity contribution in [2.75, 3.05) is 47.9 Å². The Balaban J connectivity index is 4.06. The number of ether oxygens (including phenoxy) is 1. The van der Waals surface area contributed by atoms with Gasteiger partial charge in [-0.3, -0.25) is 4.79 Å². The summed E-state index contributed by atoms with van der Waals surface area (Å²) < 4.78 is 31.2. The van der Waals surface area contributed by atoms with Gasteiger partial charge in [0, 0.05) is 40.8 Å². The minimum absolute atomic E-state index is 0.0199. The van der Waals surface area contributed by atoms with E-state index in [2.05, 4.69) is 14.8 Å². The molecule has 0 aliphatic rings. The smallest absolute Gasteiger partial charge is 0.316 e. The highest BCUT2D eigenvalue weighted by Crippen LogP contribution is 1.96. The van der Waals surface area contributed by atoms with Gasteiger partial charge in [-0.15, -0.1) is 0 Å². The predicted molar refractivity (Wildman–Crippen MR) is 73.3 cm³/mol. The molecular weight excluding hydrogens is 288 g/mol. The van der Waals surface area contributed by atoms with Crippen molar-refractivity contribution < 1.29 is 22.7 Å². The molecule has 118 valence electrons. The first-order valence-electron chi connectivity index (χ1n) is 5.93. The SMILES string of the molecule is COC(=O)CCN(C)S(=O)(=O)NCCNC(=O)N(C)C. The van der Waals surface area contributed by atoms with Gasteiger partial charge in [0.2, 0.25) is 0 Å². The molecule has 0 saturated carbocycles. The van der Waals surface area contributed by atoms with Gasteiger partial charge in [0.15, 0.2) is 0 Å². The average Bonchev–Trinajstić information content (AvgIpc) is 2.39. The van der Waals surface area contributed by atoms with Crippen molar-refractivity contribution in [3.63, 3.8) is 0 Å². The van der Waals surface area contributed by atoms with Crippen LogP contribution in [0.2, 0.25) is 0 Å². The van der Waals surface area contributed by atoms with Crippen LogP contribution >= 0.6 is 0 Å². The molecular formula is C10H22N4O5S. The second-order valence-electron chi connectivity index (χ2n) is 4.17. The van der Waals surface area contributed by atoms with Crippen LogP contribution in [0, 0.1) is 0 Å². The maximum atomic E-state index is 11.7. The molecule has 0 unspecified atom stereocenters. The minimum atomic E-state index is -3.67. The first-order valence-corrected chi connectivity index (χ1v) is 7.37. The van der Waals surface area contributed by atoms with Gasteiger partial charge in [-0.25, -0.2) is 9.52 Å². The third-order valence-corrected chi connectivity index (χ3v) is 3.93. The number of urea groups is 1. The van der Waals surface area contributed by atoms with Crippen LogP contribution in [-0.4, -0.2) is 77.5 Å². The van der Waals surface area contributed by atoms with E-state index in [9.17, 15) is 18.0 Å². The quantitative estimate of drug-likeness (QED) is 0.423. The summed E-state index contributed by atoms with van der Waals surface area (Å²) in [6.07, 6.45) is -0.0225. The summed E-state index contributed by atoms with van der Waals surface area (Å²) in [4.78, 5) is 23.5. The van der Waals surface area contributed by atoms with Crippen molar-refractivity contribution in [1.82, 2.24) is 19.2 Å². The third kappa shape index (κ3) is 7.26. The fraction of sp³-hybridized carbons (Fsp3) is 0.800. The van der Waals surface area contributed by atoms with Crippen molar-refractivity contribution in [3.8, 4) is 0 Å². The van der Waals surface area contributed by atoms with E-state index in [1.54, 1.807) is 14.1 Å². The normalized spacial score (nSPS) is 11.2. The monoisotopic (exact) mass is 310 g/mol. The number of rotatable bonds is 8. The molecule has 0 aliphatic heterocycles. The number of methoxy groups -OCH3 is 1. The van der Waals surface area contributed by atoms with E-state index in [-0.39, 0.29) is 32.1 Å². The zero-order chi connectivity index (χ0) is 15.8. The largest absolute Gasteiger partial charge is 0.469 e. The molecule has 20 heavy (non-hydrogen) atoms. The molecule has 0 saturated heterocycles. The third-order valence-electron chi connectivity index (χ3n) is 2.36. The lowest BCUT2D eigenvalue weighted by Gasteiger charge is -2.17. The van der Waals surface area contributed by atoms with Crippen LogP contribution < -0.4 is 10.0 Å². The highest BCUT2D eigenvalue weighted by molar-refractivity contribution is 7.87. The molecule has 0 rings (SSSR count). The molecule has 0 aromatic rings. The van der Waals surface area contributed by atoms with Gasteiger partial charge >= 0.3 is 12.0 Å². The molecule has 0 heterocycles. The molecule has 0 fully saturated rings. The van der Waals surface area contributed by atoms with Gasteiger partial charge in [0.05, 0.1) is 13.5 Å². The number of hydrogen-bond donors (Lipinski definition) is 2. The fourth-order valence-electron chi connectivity index (χ4n) is 1.09. The molecule has 2 N–H and O–H groups in total. The standard InChI is InChI=1S/C10H22N4O5S/c1-13(2)10(16)11-6-7-12-20(17,18)14(3)8-5-9(15)19-4/h12H,5-8H2,1-4H3,(H,11,16). The number of carbonyl (C=O) groups is 2. The van der Waals surface area contributed by atoms with Crippen LogP contribution in [0.4, 0.5) is 4.79 Å². The van der Waals surface area contributed by atoms with Crippen molar-refractivity contribution in [2.24, 2.45) is 0 Å². The maximum Gasteiger partial charge on any atom is 0.316 e. The Hall–Kier alpha value is -1.39. The van der Waals surface area contributed by atoms with Crippen molar-refractivity contribution in [1.29, 1.82) is 0 Å². The molecule has 0 radical (unpaired) electrons. The molecule has 10 heteroatoms. The number of nitrogens with zero attached hydrogens (tertiary/aromatic N) is 2. The summed E-state index contributed by atoms with van der Waals surface area (Å²) in [5, 5.41) is 2.52. The minimum Gasteiger partial charge on any atom is -0.469 e. The van der Waals surface area contributed by atoms with E-state index < -0.39 is 16.2 Å². The molecule has 0 aromatic carbocycles. The van der Waals surface area contributed by atoms with Crippen LogP contribution in [0.3, 0.4) is 0 Å². The van der Waals surface area contributed by atoms with Gasteiger partial charge in [-0.1, -0.05) is 0 Å². The highest BCUT2D eigenvalue weighted by Gasteiger charge is 2.17. The summed E-state index contributed by atoms with van der Waals surface area (Å²) >= 11 is 0. The zero-order valence-electron chi connectivity index (χ0n) is 12.2. The molecule has 0 bridgehead atoms. The lowest BCUT2D eigenvalue weighted by Crippen LogP contribution is -2.44. The van der Waals surface area contributed by atoms with E-state index in [1.807, 2.05) is 0 Å². The molecule has 0 aromatic heterocycles. The van der Waals surface area contributed by atoms with Crippen molar-refractivity contribution in [2.45, 2.75) is 6.42 Å². The second-order valence-corrected chi connectivity index (χ2v) is 6.04. The topological polar surface area (TPSA) is 108 Å². The summed E-state index contributed by atoms with van der Waals surface area (Å²) in [6, 6.07) is -0.303. The van der Waals surface area contributed by atoms with E-state index >= 15 is 0 Å². The Morgan fingerprint density at radius 2 is 1.75 bits per heavy atom. The van der Waals surface area contributed by atoms with Crippen molar-refractivity contribution >= 4 is 22.2 Å². The first kappa shape index (κ1) is 18.6. The van der Waals surface area contributed by atoms with E-state index in [0.717, 1.165) is 4.31 Å². The summed E-state index contributed by atoms with van der Waals surface area (Å²) in [6.45, 7) is 0.248. The van der Waals surface area contributed by atoms with Crippen LogP contribution in [0.5, 0.6) is 0 Å². The Kier molecular flexibility index (Phi) is 8.11. The van der Waals surface area contributed by atoms with Crippen LogP contribution in [-0.2, 0) is 19.7 Å². The van der Waals surface area contributed by atoms with Gasteiger partial charge in [0.1, 0.15) is 0 Å².